The summed E-state index contributed by atoms with van der Waals surface area (Å²) < 4.78 is 12.0. The molecule has 1 N–H and O–H groups in total. The summed E-state index contributed by atoms with van der Waals surface area (Å²) in [5.74, 6) is 3.18. The van der Waals surface area contributed by atoms with E-state index in [-0.39, 0.29) is 0 Å². The van der Waals surface area contributed by atoms with Gasteiger partial charge >= 0.3 is 0 Å². The van der Waals surface area contributed by atoms with Crippen molar-refractivity contribution < 1.29 is 9.47 Å². The van der Waals surface area contributed by atoms with E-state index in [1.807, 2.05) is 0 Å². The molecule has 1 saturated carbocycles. The van der Waals surface area contributed by atoms with Crippen molar-refractivity contribution in [3.63, 3.8) is 0 Å². The summed E-state index contributed by atoms with van der Waals surface area (Å²) in [6.45, 7) is 11.1. The third-order valence-electron chi connectivity index (χ3n) is 8.89. The molecular weight excluding hydrogens is 474 g/mol. The topological polar surface area (TPSA) is 61.7 Å². The van der Waals surface area contributed by atoms with Gasteiger partial charge in [0.15, 0.2) is 11.5 Å². The van der Waals surface area contributed by atoms with Crippen LogP contribution in [0.15, 0.2) is 22.1 Å². The highest BCUT2D eigenvalue weighted by atomic mass is 16.5. The number of anilines is 1. The second-order valence-corrected chi connectivity index (χ2v) is 11.9. The lowest BCUT2D eigenvalue weighted by atomic mass is 9.84. The van der Waals surface area contributed by atoms with Crippen LogP contribution in [0.25, 0.3) is 0 Å². The second-order valence-electron chi connectivity index (χ2n) is 11.9. The number of ether oxygens (including phenoxy) is 2. The molecule has 3 heterocycles. The van der Waals surface area contributed by atoms with Crippen LogP contribution >= 0.6 is 0 Å². The maximum absolute atomic E-state index is 6.27. The standard InChI is InChI=1S/C31H49N5O2/c1-23(2)36-17-12-25(13-18-36)32-31-22-26(24-10-5-4-6-11-24)33-27-21-30(29(37-3)20-28(27)34-31)38-19-9-16-35-14-7-8-15-35/h20-21,23-25H,4-19,22H2,1-3H3,(H,32,34). The van der Waals surface area contributed by atoms with Gasteiger partial charge in [-0.05, 0) is 77.8 Å². The first-order valence-corrected chi connectivity index (χ1v) is 15.3. The minimum Gasteiger partial charge on any atom is -0.493 e. The molecule has 3 aliphatic heterocycles. The van der Waals surface area contributed by atoms with Gasteiger partial charge in [-0.2, -0.15) is 0 Å². The Labute approximate surface area is 230 Å². The average molecular weight is 524 g/mol. The Hall–Kier alpha value is -2.12. The highest BCUT2D eigenvalue weighted by Gasteiger charge is 2.27. The highest BCUT2D eigenvalue weighted by Crippen LogP contribution is 2.41. The van der Waals surface area contributed by atoms with Gasteiger partial charge in [0.05, 0.1) is 31.1 Å². The van der Waals surface area contributed by atoms with E-state index in [0.717, 1.165) is 74.0 Å². The van der Waals surface area contributed by atoms with Gasteiger partial charge < -0.3 is 24.6 Å². The Morgan fingerprint density at radius 3 is 2.45 bits per heavy atom. The van der Waals surface area contributed by atoms with Gasteiger partial charge in [-0.3, -0.25) is 9.98 Å². The molecule has 0 aromatic heterocycles. The molecule has 2 saturated heterocycles. The number of piperidine rings is 1. The van der Waals surface area contributed by atoms with Crippen LogP contribution in [0.5, 0.6) is 11.5 Å². The van der Waals surface area contributed by atoms with Crippen LogP contribution in [0, 0.1) is 5.92 Å². The van der Waals surface area contributed by atoms with Crippen LogP contribution in [-0.4, -0.2) is 79.9 Å². The van der Waals surface area contributed by atoms with Gasteiger partial charge in [0, 0.05) is 49.9 Å². The van der Waals surface area contributed by atoms with Crippen molar-refractivity contribution in [2.75, 3.05) is 51.8 Å². The van der Waals surface area contributed by atoms with E-state index >= 15 is 0 Å². The van der Waals surface area contributed by atoms with Gasteiger partial charge in [-0.25, -0.2) is 0 Å². The summed E-state index contributed by atoms with van der Waals surface area (Å²) in [5, 5.41) is 3.70. The fourth-order valence-electron chi connectivity index (χ4n) is 6.56. The molecule has 1 aromatic rings. The van der Waals surface area contributed by atoms with Gasteiger partial charge in [-0.15, -0.1) is 0 Å². The third-order valence-corrected chi connectivity index (χ3v) is 8.89. The number of benzene rings is 1. The molecule has 1 aromatic carbocycles. The van der Waals surface area contributed by atoms with E-state index in [4.69, 9.17) is 19.5 Å². The van der Waals surface area contributed by atoms with Gasteiger partial charge in [-0.1, -0.05) is 19.3 Å². The molecule has 0 amide bonds. The Morgan fingerprint density at radius 1 is 0.974 bits per heavy atom. The lowest BCUT2D eigenvalue weighted by Gasteiger charge is -2.33. The number of rotatable bonds is 9. The predicted molar refractivity (Wildman–Crippen MR) is 158 cm³/mol. The number of nitrogens with zero attached hydrogens (tertiary/aromatic N) is 4. The van der Waals surface area contributed by atoms with Crippen molar-refractivity contribution >= 4 is 22.9 Å². The second kappa shape index (κ2) is 13.3. The number of methoxy groups -OCH3 is 1. The summed E-state index contributed by atoms with van der Waals surface area (Å²) in [5.41, 5.74) is 3.23. The predicted octanol–water partition coefficient (Wildman–Crippen LogP) is 6.30. The highest BCUT2D eigenvalue weighted by molar-refractivity contribution is 6.13. The third kappa shape index (κ3) is 7.09. The van der Waals surface area contributed by atoms with Crippen LogP contribution in [0.1, 0.15) is 84.5 Å². The summed E-state index contributed by atoms with van der Waals surface area (Å²) in [6, 6.07) is 5.14. The van der Waals surface area contributed by atoms with Crippen molar-refractivity contribution in [1.82, 2.24) is 9.80 Å². The quantitative estimate of drug-likeness (QED) is 0.385. The molecule has 0 unspecified atom stereocenters. The fourth-order valence-corrected chi connectivity index (χ4v) is 6.56. The smallest absolute Gasteiger partial charge is 0.163 e. The molecule has 210 valence electrons. The van der Waals surface area contributed by atoms with Crippen molar-refractivity contribution in [2.24, 2.45) is 15.9 Å². The largest absolute Gasteiger partial charge is 0.493 e. The Bertz CT molecular complexity index is 971. The molecule has 0 radical (unpaired) electrons. The Balaban J connectivity index is 1.34. The van der Waals surface area contributed by atoms with Gasteiger partial charge in [0.25, 0.3) is 0 Å². The van der Waals surface area contributed by atoms with Crippen LogP contribution in [0.2, 0.25) is 0 Å². The normalized spacial score (nSPS) is 23.3. The summed E-state index contributed by atoms with van der Waals surface area (Å²) >= 11 is 0. The van der Waals surface area contributed by atoms with Gasteiger partial charge in [0.1, 0.15) is 5.84 Å². The SMILES string of the molecule is COc1cc2c(cc1OCCCN1CCCC1)N=C(C1CCCCC1)CC(=NC1CCN(C(C)C)CC1)N2. The molecule has 7 heteroatoms. The minimum atomic E-state index is 0.377. The van der Waals surface area contributed by atoms with Crippen molar-refractivity contribution in [3.8, 4) is 11.5 Å². The van der Waals surface area contributed by atoms with E-state index in [0.29, 0.717) is 24.6 Å². The van der Waals surface area contributed by atoms with Crippen LogP contribution in [0.3, 0.4) is 0 Å². The zero-order chi connectivity index (χ0) is 26.3. The maximum atomic E-state index is 6.27. The van der Waals surface area contributed by atoms with Gasteiger partial charge in [0.2, 0.25) is 0 Å². The molecule has 3 fully saturated rings. The monoisotopic (exact) mass is 523 g/mol. The molecule has 7 nitrogen and oxygen atoms in total. The minimum absolute atomic E-state index is 0.377. The summed E-state index contributed by atoms with van der Waals surface area (Å²) in [7, 11) is 1.73. The van der Waals surface area contributed by atoms with Crippen LogP contribution < -0.4 is 14.8 Å². The number of likely N-dealkylation sites (tertiary alicyclic amines) is 2. The van der Waals surface area contributed by atoms with E-state index in [1.165, 1.54) is 63.7 Å². The molecule has 38 heavy (non-hydrogen) atoms. The fraction of sp³-hybridized carbons (Fsp3) is 0.742. The molecule has 1 aliphatic carbocycles. The first-order chi connectivity index (χ1) is 18.6. The zero-order valence-corrected chi connectivity index (χ0v) is 24.0. The number of hydrogen-bond donors (Lipinski definition) is 1. The number of hydrogen-bond acceptors (Lipinski definition) is 6. The first-order valence-electron chi connectivity index (χ1n) is 15.3. The van der Waals surface area contributed by atoms with E-state index in [1.54, 1.807) is 7.11 Å². The van der Waals surface area contributed by atoms with E-state index < -0.39 is 0 Å². The molecule has 5 rings (SSSR count). The average Bonchev–Trinajstić information content (AvgIpc) is 3.39. The lowest BCUT2D eigenvalue weighted by Crippen LogP contribution is -2.40. The molecule has 0 atom stereocenters. The lowest BCUT2D eigenvalue weighted by molar-refractivity contribution is 0.173. The summed E-state index contributed by atoms with van der Waals surface area (Å²) in [4.78, 5) is 15.7. The van der Waals surface area contributed by atoms with Crippen molar-refractivity contribution in [1.29, 1.82) is 0 Å². The van der Waals surface area contributed by atoms with E-state index in [2.05, 4.69) is 41.1 Å². The van der Waals surface area contributed by atoms with E-state index in [9.17, 15) is 0 Å². The molecule has 0 spiro atoms. The maximum Gasteiger partial charge on any atom is 0.163 e. The number of fused-ring (bicyclic) bond motifs is 1. The number of aliphatic imine (C=N–C) groups is 2. The Kier molecular flexibility index (Phi) is 9.60. The van der Waals surface area contributed by atoms with Crippen LogP contribution in [-0.2, 0) is 0 Å². The number of amidine groups is 1. The summed E-state index contributed by atoms with van der Waals surface area (Å²) in [6.07, 6.45) is 13.2. The first kappa shape index (κ1) is 27.4. The molecule has 0 bridgehead atoms. The van der Waals surface area contributed by atoms with Crippen LogP contribution in [0.4, 0.5) is 11.4 Å². The molecule has 4 aliphatic rings. The number of nitrogens with one attached hydrogen (secondary N) is 1. The molecular formula is C31H49N5O2. The Morgan fingerprint density at radius 2 is 1.74 bits per heavy atom. The van der Waals surface area contributed by atoms with Crippen molar-refractivity contribution in [2.45, 2.75) is 96.6 Å². The van der Waals surface area contributed by atoms with Crippen molar-refractivity contribution in [3.05, 3.63) is 12.1 Å². The zero-order valence-electron chi connectivity index (χ0n) is 24.0.